The number of aryl methyl sites for hydroxylation is 1. The van der Waals surface area contributed by atoms with Crippen LogP contribution in [0, 0.1) is 6.92 Å². The molecule has 5 nitrogen and oxygen atoms in total. The summed E-state index contributed by atoms with van der Waals surface area (Å²) in [7, 11) is 0.993. The first-order valence-electron chi connectivity index (χ1n) is 9.07. The SMILES string of the molecule is CSc1ccc(-c2nsc3ccc(-n4c(=O)cc(C(F)(F)F)n(C)c4=O)cc23)cc1C. The molecule has 0 fully saturated rings. The van der Waals surface area contributed by atoms with E-state index in [1.165, 1.54) is 17.6 Å². The average Bonchev–Trinajstić information content (AvgIpc) is 3.13. The lowest BCUT2D eigenvalue weighted by Gasteiger charge is -2.14. The lowest BCUT2D eigenvalue weighted by atomic mass is 10.1. The van der Waals surface area contributed by atoms with E-state index in [9.17, 15) is 22.8 Å². The zero-order valence-electron chi connectivity index (χ0n) is 16.6. The molecule has 0 radical (unpaired) electrons. The Labute approximate surface area is 182 Å². The number of thioether (sulfide) groups is 1. The molecule has 2 heterocycles. The van der Waals surface area contributed by atoms with Crippen LogP contribution in [-0.4, -0.2) is 19.8 Å². The van der Waals surface area contributed by atoms with Gasteiger partial charge in [-0.1, -0.05) is 6.07 Å². The van der Waals surface area contributed by atoms with E-state index in [1.807, 2.05) is 31.4 Å². The van der Waals surface area contributed by atoms with Crippen molar-refractivity contribution in [3.05, 3.63) is 74.6 Å². The average molecular weight is 464 g/mol. The monoisotopic (exact) mass is 463 g/mol. The van der Waals surface area contributed by atoms with Crippen LogP contribution in [0.2, 0.25) is 0 Å². The molecule has 4 rings (SSSR count). The van der Waals surface area contributed by atoms with Gasteiger partial charge in [-0.2, -0.15) is 17.5 Å². The molecule has 2 aromatic heterocycles. The first kappa shape index (κ1) is 21.4. The summed E-state index contributed by atoms with van der Waals surface area (Å²) in [5, 5.41) is 0.715. The third-order valence-electron chi connectivity index (χ3n) is 4.99. The summed E-state index contributed by atoms with van der Waals surface area (Å²) in [6, 6.07) is 11.2. The van der Waals surface area contributed by atoms with E-state index in [0.29, 0.717) is 21.7 Å². The molecule has 0 aliphatic rings. The van der Waals surface area contributed by atoms with Gasteiger partial charge in [0.2, 0.25) is 0 Å². The largest absolute Gasteiger partial charge is 0.431 e. The van der Waals surface area contributed by atoms with Crippen molar-refractivity contribution >= 4 is 33.4 Å². The fourth-order valence-corrected chi connectivity index (χ4v) is 4.80. The Bertz CT molecular complexity index is 1430. The second-order valence-electron chi connectivity index (χ2n) is 6.94. The number of nitrogens with zero attached hydrogens (tertiary/aromatic N) is 3. The van der Waals surface area contributed by atoms with Crippen molar-refractivity contribution in [2.24, 2.45) is 7.05 Å². The number of rotatable bonds is 3. The summed E-state index contributed by atoms with van der Waals surface area (Å²) in [4.78, 5) is 26.2. The highest BCUT2D eigenvalue weighted by Gasteiger charge is 2.35. The van der Waals surface area contributed by atoms with E-state index >= 15 is 0 Å². The highest BCUT2D eigenvalue weighted by Crippen LogP contribution is 2.34. The number of aromatic nitrogens is 3. The number of hydrogen-bond acceptors (Lipinski definition) is 5. The lowest BCUT2D eigenvalue weighted by molar-refractivity contribution is -0.144. The summed E-state index contributed by atoms with van der Waals surface area (Å²) in [5.74, 6) is 0. The van der Waals surface area contributed by atoms with Gasteiger partial charge in [0.15, 0.2) is 0 Å². The van der Waals surface area contributed by atoms with Gasteiger partial charge >= 0.3 is 11.9 Å². The Balaban J connectivity index is 1.91. The molecular formula is C21H16F3N3O2S2. The summed E-state index contributed by atoms with van der Waals surface area (Å²) in [5.41, 5.74) is -0.549. The van der Waals surface area contributed by atoms with Crippen LogP contribution in [0.5, 0.6) is 0 Å². The number of alkyl halides is 3. The van der Waals surface area contributed by atoms with Crippen molar-refractivity contribution in [3.8, 4) is 16.9 Å². The van der Waals surface area contributed by atoms with E-state index in [1.54, 1.807) is 23.9 Å². The molecule has 0 saturated carbocycles. The molecule has 0 saturated heterocycles. The molecular weight excluding hydrogens is 447 g/mol. The van der Waals surface area contributed by atoms with Gasteiger partial charge in [0.1, 0.15) is 5.69 Å². The predicted molar refractivity (Wildman–Crippen MR) is 117 cm³/mol. The summed E-state index contributed by atoms with van der Waals surface area (Å²) in [6.45, 7) is 2.00. The van der Waals surface area contributed by atoms with Crippen LogP contribution in [0.1, 0.15) is 11.3 Å². The van der Waals surface area contributed by atoms with Crippen molar-refractivity contribution in [3.63, 3.8) is 0 Å². The van der Waals surface area contributed by atoms with E-state index in [4.69, 9.17) is 0 Å². The molecule has 0 unspecified atom stereocenters. The van der Waals surface area contributed by atoms with E-state index in [0.717, 1.165) is 32.3 Å². The fourth-order valence-electron chi connectivity index (χ4n) is 3.43. The van der Waals surface area contributed by atoms with E-state index < -0.39 is 23.1 Å². The van der Waals surface area contributed by atoms with Crippen LogP contribution in [0.4, 0.5) is 13.2 Å². The summed E-state index contributed by atoms with van der Waals surface area (Å²) in [6.07, 6.45) is -2.81. The Morgan fingerprint density at radius 3 is 2.45 bits per heavy atom. The van der Waals surface area contributed by atoms with Crippen LogP contribution in [0.15, 0.2) is 56.9 Å². The van der Waals surface area contributed by atoms with Gasteiger partial charge in [-0.05, 0) is 60.6 Å². The maximum absolute atomic E-state index is 13.1. The van der Waals surface area contributed by atoms with Gasteiger partial charge < -0.3 is 0 Å². The van der Waals surface area contributed by atoms with Crippen LogP contribution >= 0.6 is 23.3 Å². The Hall–Kier alpha value is -2.85. The van der Waals surface area contributed by atoms with E-state index in [-0.39, 0.29) is 5.69 Å². The molecule has 0 spiro atoms. The number of hydrogen-bond donors (Lipinski definition) is 0. The Kier molecular flexibility index (Phi) is 5.30. The smallest absolute Gasteiger partial charge is 0.292 e. The Morgan fingerprint density at radius 1 is 1.06 bits per heavy atom. The van der Waals surface area contributed by atoms with Gasteiger partial charge in [-0.3, -0.25) is 9.36 Å². The third-order valence-corrected chi connectivity index (χ3v) is 6.72. The topological polar surface area (TPSA) is 56.9 Å². The molecule has 0 aliphatic heterocycles. The van der Waals surface area contributed by atoms with Gasteiger partial charge in [-0.25, -0.2) is 9.36 Å². The van der Waals surface area contributed by atoms with Crippen LogP contribution in [0.3, 0.4) is 0 Å². The van der Waals surface area contributed by atoms with Crippen LogP contribution < -0.4 is 11.2 Å². The number of fused-ring (bicyclic) bond motifs is 1. The highest BCUT2D eigenvalue weighted by atomic mass is 32.2. The van der Waals surface area contributed by atoms with Gasteiger partial charge in [0.25, 0.3) is 5.56 Å². The molecule has 10 heteroatoms. The van der Waals surface area contributed by atoms with Crippen molar-refractivity contribution in [1.29, 1.82) is 0 Å². The Morgan fingerprint density at radius 2 is 1.81 bits per heavy atom. The zero-order valence-corrected chi connectivity index (χ0v) is 18.3. The maximum atomic E-state index is 13.1. The molecule has 0 amide bonds. The van der Waals surface area contributed by atoms with Gasteiger partial charge in [0, 0.05) is 29.0 Å². The van der Waals surface area contributed by atoms with Crippen molar-refractivity contribution in [1.82, 2.24) is 13.5 Å². The first-order valence-corrected chi connectivity index (χ1v) is 11.1. The van der Waals surface area contributed by atoms with Crippen molar-refractivity contribution < 1.29 is 13.2 Å². The number of benzene rings is 2. The molecule has 2 aromatic carbocycles. The van der Waals surface area contributed by atoms with Gasteiger partial charge in [0.05, 0.1) is 16.1 Å². The molecule has 31 heavy (non-hydrogen) atoms. The fraction of sp³-hybridized carbons (Fsp3) is 0.190. The molecule has 160 valence electrons. The summed E-state index contributed by atoms with van der Waals surface area (Å²) < 4.78 is 45.9. The minimum atomic E-state index is -4.80. The summed E-state index contributed by atoms with van der Waals surface area (Å²) >= 11 is 2.91. The molecule has 0 aliphatic carbocycles. The minimum absolute atomic E-state index is 0.186. The minimum Gasteiger partial charge on any atom is -0.292 e. The third kappa shape index (κ3) is 3.70. The van der Waals surface area contributed by atoms with Crippen LogP contribution in [-0.2, 0) is 13.2 Å². The quantitative estimate of drug-likeness (QED) is 0.407. The normalized spacial score (nSPS) is 11.9. The van der Waals surface area contributed by atoms with Gasteiger partial charge in [-0.15, -0.1) is 11.8 Å². The van der Waals surface area contributed by atoms with Crippen molar-refractivity contribution in [2.45, 2.75) is 18.0 Å². The predicted octanol–water partition coefficient (Wildman–Crippen LogP) is 4.86. The van der Waals surface area contributed by atoms with Crippen molar-refractivity contribution in [2.75, 3.05) is 6.26 Å². The second-order valence-corrected chi connectivity index (χ2v) is 8.59. The maximum Gasteiger partial charge on any atom is 0.431 e. The second kappa shape index (κ2) is 7.69. The lowest BCUT2D eigenvalue weighted by Crippen LogP contribution is -2.40. The molecule has 0 N–H and O–H groups in total. The van der Waals surface area contributed by atoms with Crippen LogP contribution in [0.25, 0.3) is 27.0 Å². The zero-order chi connectivity index (χ0) is 22.5. The van der Waals surface area contributed by atoms with E-state index in [2.05, 4.69) is 4.37 Å². The standard InChI is InChI=1S/C21H16F3N3O2S2/c1-11-8-12(4-6-15(11)30-3)19-14-9-13(5-7-16(14)31-25-19)27-18(28)10-17(21(22,23)24)26(2)20(27)29/h4-10H,1-3H3. The first-order chi connectivity index (χ1) is 14.6. The highest BCUT2D eigenvalue weighted by molar-refractivity contribution is 7.98. The molecule has 4 aromatic rings. The number of halogens is 3. The molecule has 0 atom stereocenters. The molecule has 0 bridgehead atoms.